The number of aromatic nitrogens is 2. The molecule has 1 aliphatic heterocycles. The summed E-state index contributed by atoms with van der Waals surface area (Å²) in [5.74, 6) is -1.00. The van der Waals surface area contributed by atoms with Crippen LogP contribution in [0.25, 0.3) is 0 Å². The molecule has 0 radical (unpaired) electrons. The highest BCUT2D eigenvalue weighted by molar-refractivity contribution is 6.32. The van der Waals surface area contributed by atoms with Gasteiger partial charge in [-0.1, -0.05) is 23.7 Å². The molecular formula is C23H20ClFN4O2. The minimum Gasteiger partial charge on any atom is -0.487 e. The fourth-order valence-corrected chi connectivity index (χ4v) is 4.19. The maximum atomic E-state index is 13.3. The summed E-state index contributed by atoms with van der Waals surface area (Å²) in [7, 11) is 0. The van der Waals surface area contributed by atoms with Gasteiger partial charge in [0.15, 0.2) is 0 Å². The van der Waals surface area contributed by atoms with Crippen molar-refractivity contribution in [3.05, 3.63) is 74.7 Å². The van der Waals surface area contributed by atoms with Crippen LogP contribution in [0.2, 0.25) is 5.02 Å². The zero-order valence-corrected chi connectivity index (χ0v) is 18.0. The Kier molecular flexibility index (Phi) is 5.42. The summed E-state index contributed by atoms with van der Waals surface area (Å²) in [4.78, 5) is 0. The van der Waals surface area contributed by atoms with Crippen molar-refractivity contribution in [1.29, 1.82) is 10.7 Å². The first-order chi connectivity index (χ1) is 14.8. The van der Waals surface area contributed by atoms with Gasteiger partial charge in [-0.15, -0.1) is 5.10 Å². The smallest absolute Gasteiger partial charge is 0.243 e. The summed E-state index contributed by atoms with van der Waals surface area (Å²) < 4.78 is 24.6. The molecule has 2 heterocycles. The fraction of sp³-hybridized carbons (Fsp3) is 0.261. The molecule has 8 heteroatoms. The van der Waals surface area contributed by atoms with Gasteiger partial charge in [-0.2, -0.15) is 5.26 Å². The molecule has 158 valence electrons. The lowest BCUT2D eigenvalue weighted by atomic mass is 9.77. The van der Waals surface area contributed by atoms with E-state index in [-0.39, 0.29) is 17.5 Å². The van der Waals surface area contributed by atoms with Crippen LogP contribution in [-0.2, 0) is 6.61 Å². The van der Waals surface area contributed by atoms with E-state index in [0.29, 0.717) is 11.6 Å². The summed E-state index contributed by atoms with van der Waals surface area (Å²) in [6.45, 7) is 6.05. The minimum absolute atomic E-state index is 0.123. The molecule has 0 aliphatic carbocycles. The van der Waals surface area contributed by atoms with Gasteiger partial charge < -0.3 is 9.47 Å². The molecule has 3 aromatic rings. The molecule has 0 spiro atoms. The maximum absolute atomic E-state index is 13.3. The molecule has 2 aromatic carbocycles. The highest BCUT2D eigenvalue weighted by Gasteiger charge is 2.40. The lowest BCUT2D eigenvalue weighted by Crippen LogP contribution is -2.31. The largest absolute Gasteiger partial charge is 0.487 e. The summed E-state index contributed by atoms with van der Waals surface area (Å²) >= 11 is 6.08. The molecular weight excluding hydrogens is 419 g/mol. The number of halogens is 2. The van der Waals surface area contributed by atoms with E-state index in [1.807, 2.05) is 32.9 Å². The second kappa shape index (κ2) is 8.05. The van der Waals surface area contributed by atoms with Gasteiger partial charge in [0.05, 0.1) is 11.1 Å². The maximum Gasteiger partial charge on any atom is 0.243 e. The van der Waals surface area contributed by atoms with Crippen molar-refractivity contribution in [3.8, 4) is 17.7 Å². The highest BCUT2D eigenvalue weighted by Crippen LogP contribution is 2.44. The number of fused-ring (bicyclic) bond motifs is 1. The van der Waals surface area contributed by atoms with E-state index in [4.69, 9.17) is 26.5 Å². The molecule has 31 heavy (non-hydrogen) atoms. The zero-order chi connectivity index (χ0) is 22.3. The Labute approximate surface area is 184 Å². The SMILES string of the molecule is Cc1cc(C)c(C2c3c(n[nH]c3C)OC(=N)C2C#N)cc1COc1ccc(F)cc1Cl. The van der Waals surface area contributed by atoms with E-state index in [9.17, 15) is 9.65 Å². The molecule has 0 saturated heterocycles. The molecule has 2 atom stereocenters. The van der Waals surface area contributed by atoms with Gasteiger partial charge in [0.25, 0.3) is 0 Å². The van der Waals surface area contributed by atoms with Gasteiger partial charge in [-0.05, 0) is 61.2 Å². The van der Waals surface area contributed by atoms with Crippen LogP contribution >= 0.6 is 11.6 Å². The molecule has 1 aromatic heterocycles. The van der Waals surface area contributed by atoms with E-state index < -0.39 is 17.7 Å². The second-order valence-corrected chi connectivity index (χ2v) is 8.02. The van der Waals surface area contributed by atoms with Crippen molar-refractivity contribution in [2.75, 3.05) is 0 Å². The molecule has 0 amide bonds. The predicted molar refractivity (Wildman–Crippen MR) is 114 cm³/mol. The Morgan fingerprint density at radius 3 is 2.74 bits per heavy atom. The number of ether oxygens (including phenoxy) is 2. The van der Waals surface area contributed by atoms with Gasteiger partial charge in [-0.3, -0.25) is 10.5 Å². The number of hydrogen-bond donors (Lipinski definition) is 2. The van der Waals surface area contributed by atoms with E-state index in [1.165, 1.54) is 18.2 Å². The molecule has 1 aliphatic rings. The Hall–Kier alpha value is -3.37. The number of nitrogens with one attached hydrogen (secondary N) is 2. The minimum atomic E-state index is -0.773. The van der Waals surface area contributed by atoms with Gasteiger partial charge in [0.1, 0.15) is 24.1 Å². The van der Waals surface area contributed by atoms with Crippen LogP contribution in [0.5, 0.6) is 11.6 Å². The standard InChI is InChI=1S/C23H20ClFN4O2/c1-11-6-12(2)16(7-14(11)10-30-19-5-4-15(25)8-18(19)24)21-17(9-26)22(27)31-23-20(21)13(3)28-29-23/h4-8,17,21,27H,10H2,1-3H3,(H,28,29). The summed E-state index contributed by atoms with van der Waals surface area (Å²) in [6, 6.07) is 10.2. The molecule has 0 fully saturated rings. The van der Waals surface area contributed by atoms with Crippen LogP contribution in [0.3, 0.4) is 0 Å². The Bertz CT molecular complexity index is 1230. The molecule has 2 N–H and O–H groups in total. The molecule has 0 bridgehead atoms. The third-order valence-electron chi connectivity index (χ3n) is 5.57. The van der Waals surface area contributed by atoms with E-state index in [0.717, 1.165) is 33.5 Å². The van der Waals surface area contributed by atoms with Gasteiger partial charge in [0, 0.05) is 17.2 Å². The lowest BCUT2D eigenvalue weighted by molar-refractivity contribution is 0.305. The number of nitrogens with zero attached hydrogens (tertiary/aromatic N) is 2. The van der Waals surface area contributed by atoms with E-state index in [2.05, 4.69) is 16.3 Å². The lowest BCUT2D eigenvalue weighted by Gasteiger charge is -2.29. The monoisotopic (exact) mass is 438 g/mol. The van der Waals surface area contributed by atoms with E-state index >= 15 is 0 Å². The van der Waals surface area contributed by atoms with Crippen LogP contribution in [-0.4, -0.2) is 16.1 Å². The number of rotatable bonds is 4. The second-order valence-electron chi connectivity index (χ2n) is 7.62. The Morgan fingerprint density at radius 2 is 2.03 bits per heavy atom. The summed E-state index contributed by atoms with van der Waals surface area (Å²) in [5, 5.41) is 25.2. The summed E-state index contributed by atoms with van der Waals surface area (Å²) in [6.07, 6.45) is 0. The first-order valence-corrected chi connectivity index (χ1v) is 10.1. The van der Waals surface area contributed by atoms with Crippen molar-refractivity contribution in [3.63, 3.8) is 0 Å². The van der Waals surface area contributed by atoms with Crippen molar-refractivity contribution in [2.24, 2.45) is 5.92 Å². The Balaban J connectivity index is 1.74. The molecule has 4 rings (SSSR count). The predicted octanol–water partition coefficient (Wildman–Crippen LogP) is 5.35. The van der Waals surface area contributed by atoms with Gasteiger partial charge >= 0.3 is 0 Å². The topological polar surface area (TPSA) is 94.8 Å². The number of hydrogen-bond acceptors (Lipinski definition) is 5. The summed E-state index contributed by atoms with van der Waals surface area (Å²) in [5.41, 5.74) is 5.39. The molecule has 2 unspecified atom stereocenters. The fourth-order valence-electron chi connectivity index (χ4n) is 3.97. The van der Waals surface area contributed by atoms with Crippen LogP contribution < -0.4 is 9.47 Å². The van der Waals surface area contributed by atoms with Gasteiger partial charge in [0.2, 0.25) is 11.8 Å². The van der Waals surface area contributed by atoms with E-state index in [1.54, 1.807) is 0 Å². The highest BCUT2D eigenvalue weighted by atomic mass is 35.5. The third kappa shape index (κ3) is 3.75. The average molecular weight is 439 g/mol. The van der Waals surface area contributed by atoms with Crippen LogP contribution in [0.4, 0.5) is 4.39 Å². The normalized spacial score (nSPS) is 17.6. The number of benzene rings is 2. The molecule has 6 nitrogen and oxygen atoms in total. The van der Waals surface area contributed by atoms with Crippen molar-refractivity contribution >= 4 is 17.5 Å². The van der Waals surface area contributed by atoms with Crippen LogP contribution in [0, 0.1) is 49.2 Å². The first-order valence-electron chi connectivity index (χ1n) is 9.68. The number of H-pyrrole nitrogens is 1. The third-order valence-corrected chi connectivity index (χ3v) is 5.86. The van der Waals surface area contributed by atoms with Crippen molar-refractivity contribution < 1.29 is 13.9 Å². The van der Waals surface area contributed by atoms with Crippen molar-refractivity contribution in [2.45, 2.75) is 33.3 Å². The average Bonchev–Trinajstić information content (AvgIpc) is 3.08. The molecule has 0 saturated carbocycles. The zero-order valence-electron chi connectivity index (χ0n) is 17.2. The number of nitriles is 1. The van der Waals surface area contributed by atoms with Gasteiger partial charge in [-0.25, -0.2) is 4.39 Å². The first kappa shape index (κ1) is 20.9. The van der Waals surface area contributed by atoms with Crippen LogP contribution in [0.1, 0.15) is 39.4 Å². The quantitative estimate of drug-likeness (QED) is 0.574. The van der Waals surface area contributed by atoms with Crippen molar-refractivity contribution in [1.82, 2.24) is 10.2 Å². The number of aromatic amines is 1. The van der Waals surface area contributed by atoms with Crippen LogP contribution in [0.15, 0.2) is 30.3 Å². The Morgan fingerprint density at radius 1 is 1.26 bits per heavy atom. The number of aryl methyl sites for hydroxylation is 3.